The van der Waals surface area contributed by atoms with Crippen molar-refractivity contribution in [3.63, 3.8) is 0 Å². The monoisotopic (exact) mass is 437 g/mol. The van der Waals surface area contributed by atoms with Crippen LogP contribution in [0, 0.1) is 6.92 Å². The van der Waals surface area contributed by atoms with Crippen molar-refractivity contribution in [3.8, 4) is 5.75 Å². The number of hydrogen-bond donors (Lipinski definition) is 1. The Morgan fingerprint density at radius 3 is 2.35 bits per heavy atom. The predicted octanol–water partition coefficient (Wildman–Crippen LogP) is 3.53. The third kappa shape index (κ3) is 4.21. The smallest absolute Gasteiger partial charge is 0.344 e. The molecule has 1 aromatic heterocycles. The number of rotatable bonds is 5. The number of hydrogen-bond acceptors (Lipinski definition) is 6. The average molecular weight is 437 g/mol. The third-order valence-electron chi connectivity index (χ3n) is 4.83. The highest BCUT2D eigenvalue weighted by molar-refractivity contribution is 7.89. The van der Waals surface area contributed by atoms with E-state index in [1.807, 2.05) is 19.1 Å². The maximum absolute atomic E-state index is 12.5. The Balaban J connectivity index is 1.55. The topological polar surface area (TPSA) is 103 Å². The molecule has 0 aliphatic rings. The van der Waals surface area contributed by atoms with Gasteiger partial charge in [0.1, 0.15) is 17.4 Å². The average Bonchev–Trinajstić information content (AvgIpc) is 2.74. The zero-order chi connectivity index (χ0) is 22.2. The molecule has 0 bridgehead atoms. The molecule has 31 heavy (non-hydrogen) atoms. The summed E-state index contributed by atoms with van der Waals surface area (Å²) in [6, 6.07) is 16.9. The molecule has 0 saturated carbocycles. The zero-order valence-electron chi connectivity index (χ0n) is 16.8. The van der Waals surface area contributed by atoms with Crippen LogP contribution in [0.1, 0.15) is 12.5 Å². The number of nitrogens with one attached hydrogen (secondary N) is 1. The summed E-state index contributed by atoms with van der Waals surface area (Å²) in [6.45, 7) is 3.24. The van der Waals surface area contributed by atoms with Crippen molar-refractivity contribution in [1.82, 2.24) is 4.72 Å². The standard InChI is InChI=1S/C23H19NO6S/c1-14-7-10-17(11-8-14)31(27,28)24-15(2)22(25)29-16-9-12-19-18-5-3-4-6-20(18)23(26)30-21(19)13-16/h3-13,15,24H,1-2H3. The van der Waals surface area contributed by atoms with E-state index in [9.17, 15) is 18.0 Å². The van der Waals surface area contributed by atoms with Gasteiger partial charge in [-0.05, 0) is 49.6 Å². The van der Waals surface area contributed by atoms with Gasteiger partial charge in [0, 0.05) is 11.5 Å². The molecule has 158 valence electrons. The van der Waals surface area contributed by atoms with Crippen LogP contribution in [-0.4, -0.2) is 20.4 Å². The number of carbonyl (C=O) groups excluding carboxylic acids is 1. The molecule has 1 N–H and O–H groups in total. The molecule has 0 fully saturated rings. The second kappa shape index (κ2) is 7.98. The first-order valence-electron chi connectivity index (χ1n) is 9.51. The maximum atomic E-state index is 12.5. The van der Waals surface area contributed by atoms with Crippen LogP contribution in [0.4, 0.5) is 0 Å². The van der Waals surface area contributed by atoms with E-state index < -0.39 is 27.7 Å². The van der Waals surface area contributed by atoms with Crippen molar-refractivity contribution in [1.29, 1.82) is 0 Å². The summed E-state index contributed by atoms with van der Waals surface area (Å²) in [6.07, 6.45) is 0. The van der Waals surface area contributed by atoms with Crippen LogP contribution in [0.25, 0.3) is 21.7 Å². The van der Waals surface area contributed by atoms with Crippen molar-refractivity contribution < 1.29 is 22.4 Å². The Bertz CT molecular complexity index is 1460. The van der Waals surface area contributed by atoms with E-state index in [1.165, 1.54) is 25.1 Å². The van der Waals surface area contributed by atoms with Crippen molar-refractivity contribution in [3.05, 3.63) is 82.7 Å². The summed E-state index contributed by atoms with van der Waals surface area (Å²) in [5.74, 6) is -0.657. The first-order valence-corrected chi connectivity index (χ1v) is 11.0. The molecule has 1 unspecified atom stereocenters. The zero-order valence-corrected chi connectivity index (χ0v) is 17.6. The molecular weight excluding hydrogens is 418 g/mol. The van der Waals surface area contributed by atoms with Gasteiger partial charge in [0.05, 0.1) is 10.3 Å². The number of fused-ring (bicyclic) bond motifs is 3. The molecule has 3 aromatic carbocycles. The normalized spacial score (nSPS) is 12.7. The Kier molecular flexibility index (Phi) is 5.34. The Morgan fingerprint density at radius 1 is 0.968 bits per heavy atom. The largest absolute Gasteiger partial charge is 0.425 e. The molecule has 0 amide bonds. The van der Waals surface area contributed by atoms with Crippen LogP contribution < -0.4 is 15.1 Å². The van der Waals surface area contributed by atoms with E-state index in [1.54, 1.807) is 36.4 Å². The lowest BCUT2D eigenvalue weighted by Crippen LogP contribution is -2.40. The van der Waals surface area contributed by atoms with E-state index in [0.29, 0.717) is 10.8 Å². The number of sulfonamides is 1. The summed E-state index contributed by atoms with van der Waals surface area (Å²) in [7, 11) is -3.89. The SMILES string of the molecule is Cc1ccc(S(=O)(=O)NC(C)C(=O)Oc2ccc3c(c2)oc(=O)c2ccccc23)cc1. The van der Waals surface area contributed by atoms with E-state index in [2.05, 4.69) is 4.72 Å². The first-order chi connectivity index (χ1) is 14.7. The van der Waals surface area contributed by atoms with Gasteiger partial charge in [0.15, 0.2) is 0 Å². The molecule has 0 aliphatic carbocycles. The van der Waals surface area contributed by atoms with Gasteiger partial charge >= 0.3 is 11.6 Å². The Morgan fingerprint density at radius 2 is 1.65 bits per heavy atom. The summed E-state index contributed by atoms with van der Waals surface area (Å²) < 4.78 is 37.9. The highest BCUT2D eigenvalue weighted by Crippen LogP contribution is 2.26. The Hall–Kier alpha value is -3.49. The van der Waals surface area contributed by atoms with Gasteiger partial charge in [-0.2, -0.15) is 4.72 Å². The van der Waals surface area contributed by atoms with Crippen molar-refractivity contribution >= 4 is 37.7 Å². The lowest BCUT2D eigenvalue weighted by molar-refractivity contribution is -0.135. The fourth-order valence-electron chi connectivity index (χ4n) is 3.19. The lowest BCUT2D eigenvalue weighted by atomic mass is 10.1. The minimum absolute atomic E-state index is 0.0529. The summed E-state index contributed by atoms with van der Waals surface area (Å²) in [4.78, 5) is 24.7. The number of carbonyl (C=O) groups is 1. The molecule has 8 heteroatoms. The molecule has 4 rings (SSSR count). The van der Waals surface area contributed by atoms with Crippen LogP contribution in [0.2, 0.25) is 0 Å². The first kappa shape index (κ1) is 20.8. The number of ether oxygens (including phenoxy) is 1. The van der Waals surface area contributed by atoms with E-state index in [0.717, 1.165) is 10.9 Å². The second-order valence-electron chi connectivity index (χ2n) is 7.17. The number of esters is 1. The van der Waals surface area contributed by atoms with Gasteiger partial charge in [0.2, 0.25) is 10.0 Å². The maximum Gasteiger partial charge on any atom is 0.344 e. The number of aryl methyl sites for hydroxylation is 1. The van der Waals surface area contributed by atoms with Crippen LogP contribution in [0.3, 0.4) is 0 Å². The molecule has 4 aromatic rings. The summed E-state index contributed by atoms with van der Waals surface area (Å²) in [5.41, 5.74) is 0.690. The molecule has 0 aliphatic heterocycles. The summed E-state index contributed by atoms with van der Waals surface area (Å²) in [5, 5.41) is 1.88. The van der Waals surface area contributed by atoms with Gasteiger partial charge in [-0.25, -0.2) is 18.0 Å². The van der Waals surface area contributed by atoms with Gasteiger partial charge in [-0.15, -0.1) is 0 Å². The van der Waals surface area contributed by atoms with Crippen LogP contribution in [-0.2, 0) is 14.8 Å². The molecule has 1 heterocycles. The molecule has 0 radical (unpaired) electrons. The fourth-order valence-corrected chi connectivity index (χ4v) is 4.39. The lowest BCUT2D eigenvalue weighted by Gasteiger charge is -2.14. The van der Waals surface area contributed by atoms with Crippen LogP contribution in [0.15, 0.2) is 80.8 Å². The predicted molar refractivity (Wildman–Crippen MR) is 117 cm³/mol. The second-order valence-corrected chi connectivity index (χ2v) is 8.88. The highest BCUT2D eigenvalue weighted by atomic mass is 32.2. The van der Waals surface area contributed by atoms with Gasteiger partial charge in [0.25, 0.3) is 0 Å². The molecular formula is C23H19NO6S. The van der Waals surface area contributed by atoms with Gasteiger partial charge in [-0.1, -0.05) is 35.9 Å². The minimum atomic E-state index is -3.89. The van der Waals surface area contributed by atoms with Crippen molar-refractivity contribution in [2.75, 3.05) is 0 Å². The third-order valence-corrected chi connectivity index (χ3v) is 6.38. The fraction of sp³-hybridized carbons (Fsp3) is 0.130. The van der Waals surface area contributed by atoms with E-state index in [4.69, 9.17) is 9.15 Å². The quantitative estimate of drug-likeness (QED) is 0.222. The number of benzene rings is 3. The molecule has 1 atom stereocenters. The van der Waals surface area contributed by atoms with Gasteiger partial charge in [-0.3, -0.25) is 0 Å². The van der Waals surface area contributed by atoms with Crippen LogP contribution in [0.5, 0.6) is 5.75 Å². The molecule has 0 saturated heterocycles. The summed E-state index contributed by atoms with van der Waals surface area (Å²) >= 11 is 0. The van der Waals surface area contributed by atoms with Crippen LogP contribution >= 0.6 is 0 Å². The van der Waals surface area contributed by atoms with Crippen molar-refractivity contribution in [2.24, 2.45) is 0 Å². The Labute approximate surface area is 178 Å². The minimum Gasteiger partial charge on any atom is -0.425 e. The van der Waals surface area contributed by atoms with E-state index in [-0.39, 0.29) is 16.2 Å². The molecule has 0 spiro atoms. The van der Waals surface area contributed by atoms with Gasteiger partial charge < -0.3 is 9.15 Å². The molecule has 7 nitrogen and oxygen atoms in total. The van der Waals surface area contributed by atoms with E-state index >= 15 is 0 Å². The highest BCUT2D eigenvalue weighted by Gasteiger charge is 2.23. The van der Waals surface area contributed by atoms with Crippen molar-refractivity contribution in [2.45, 2.75) is 24.8 Å².